The predicted octanol–water partition coefficient (Wildman–Crippen LogP) is 3.54. The zero-order valence-corrected chi connectivity index (χ0v) is 15.0. The molecule has 23 heavy (non-hydrogen) atoms. The highest BCUT2D eigenvalue weighted by molar-refractivity contribution is 5.20. The fourth-order valence-corrected chi connectivity index (χ4v) is 6.90. The lowest BCUT2D eigenvalue weighted by Gasteiger charge is -2.68. The van der Waals surface area contributed by atoms with Crippen LogP contribution in [0.4, 0.5) is 0 Å². The third-order valence-electron chi connectivity index (χ3n) is 6.69. The van der Waals surface area contributed by atoms with Gasteiger partial charge in [0, 0.05) is 19.0 Å². The second-order valence-electron chi connectivity index (χ2n) is 9.03. The zero-order chi connectivity index (χ0) is 16.3. The summed E-state index contributed by atoms with van der Waals surface area (Å²) >= 11 is 0. The Morgan fingerprint density at radius 2 is 2.04 bits per heavy atom. The van der Waals surface area contributed by atoms with Crippen LogP contribution in [0.5, 0.6) is 0 Å². The predicted molar refractivity (Wildman–Crippen MR) is 89.3 cm³/mol. The van der Waals surface area contributed by atoms with E-state index in [2.05, 4.69) is 31.5 Å². The summed E-state index contributed by atoms with van der Waals surface area (Å²) < 4.78 is 14.1. The first-order valence-electron chi connectivity index (χ1n) is 9.03. The topological polar surface area (TPSA) is 36.3 Å². The Morgan fingerprint density at radius 3 is 2.70 bits per heavy atom. The maximum atomic E-state index is 6.50. The molecule has 0 N–H and O–H groups in total. The molecule has 0 amide bonds. The van der Waals surface area contributed by atoms with Crippen molar-refractivity contribution in [2.75, 3.05) is 20.3 Å². The molecule has 0 aliphatic heterocycles. The van der Waals surface area contributed by atoms with Crippen molar-refractivity contribution in [1.29, 1.82) is 0 Å². The average molecular weight is 318 g/mol. The van der Waals surface area contributed by atoms with Gasteiger partial charge >= 0.3 is 0 Å². The monoisotopic (exact) mass is 318 g/mol. The van der Waals surface area contributed by atoms with Crippen molar-refractivity contribution >= 4 is 0 Å². The highest BCUT2D eigenvalue weighted by Crippen LogP contribution is 2.69. The van der Waals surface area contributed by atoms with Crippen LogP contribution >= 0.6 is 0 Å². The summed E-state index contributed by atoms with van der Waals surface area (Å²) in [6.07, 6.45) is 8.59. The van der Waals surface area contributed by atoms with E-state index in [0.717, 1.165) is 5.92 Å². The van der Waals surface area contributed by atoms with E-state index in [-0.39, 0.29) is 17.1 Å². The summed E-state index contributed by atoms with van der Waals surface area (Å²) in [7, 11) is 1.75. The molecular formula is C19H30N2O2. The van der Waals surface area contributed by atoms with Gasteiger partial charge in [-0.3, -0.25) is 4.68 Å². The first-order chi connectivity index (χ1) is 10.9. The van der Waals surface area contributed by atoms with Crippen LogP contribution in [-0.2, 0) is 15.0 Å². The van der Waals surface area contributed by atoms with E-state index in [1.54, 1.807) is 7.11 Å². The van der Waals surface area contributed by atoms with Gasteiger partial charge in [0.15, 0.2) is 0 Å². The van der Waals surface area contributed by atoms with Gasteiger partial charge < -0.3 is 9.47 Å². The second kappa shape index (κ2) is 5.06. The Kier molecular flexibility index (Phi) is 3.44. The van der Waals surface area contributed by atoms with E-state index in [4.69, 9.17) is 14.6 Å². The van der Waals surface area contributed by atoms with Gasteiger partial charge in [0.1, 0.15) is 0 Å². The first kappa shape index (κ1) is 15.6. The van der Waals surface area contributed by atoms with Gasteiger partial charge in [0.2, 0.25) is 0 Å². The molecule has 5 rings (SSSR count). The van der Waals surface area contributed by atoms with Gasteiger partial charge in [-0.05, 0) is 61.8 Å². The van der Waals surface area contributed by atoms with Gasteiger partial charge in [-0.2, -0.15) is 5.10 Å². The molecule has 4 heteroatoms. The van der Waals surface area contributed by atoms with Crippen LogP contribution in [0.15, 0.2) is 12.3 Å². The molecule has 4 aliphatic carbocycles. The van der Waals surface area contributed by atoms with Crippen molar-refractivity contribution in [3.63, 3.8) is 0 Å². The molecule has 0 saturated heterocycles. The molecule has 0 aromatic carbocycles. The highest BCUT2D eigenvalue weighted by atomic mass is 16.5. The molecule has 0 spiro atoms. The number of nitrogens with zero attached hydrogens (tertiary/aromatic N) is 2. The fraction of sp³-hybridized carbons (Fsp3) is 0.842. The maximum Gasteiger partial charge on any atom is 0.0904 e. The summed E-state index contributed by atoms with van der Waals surface area (Å²) in [5.41, 5.74) is 2.00. The van der Waals surface area contributed by atoms with Gasteiger partial charge in [-0.25, -0.2) is 0 Å². The lowest BCUT2D eigenvalue weighted by molar-refractivity contribution is -0.240. The Balaban J connectivity index is 1.77. The summed E-state index contributed by atoms with van der Waals surface area (Å²) in [5.74, 6) is 0.818. The van der Waals surface area contributed by atoms with Crippen molar-refractivity contribution in [1.82, 2.24) is 9.78 Å². The van der Waals surface area contributed by atoms with Gasteiger partial charge in [0.05, 0.1) is 24.9 Å². The molecule has 4 nitrogen and oxygen atoms in total. The molecule has 1 aromatic heterocycles. The molecule has 4 fully saturated rings. The van der Waals surface area contributed by atoms with Crippen molar-refractivity contribution in [2.45, 2.75) is 64.5 Å². The molecule has 5 atom stereocenters. The summed E-state index contributed by atoms with van der Waals surface area (Å²) in [5, 5.41) is 4.75. The summed E-state index contributed by atoms with van der Waals surface area (Å²) in [6, 6.07) is 2.13. The molecule has 0 radical (unpaired) electrons. The molecule has 1 aromatic rings. The van der Waals surface area contributed by atoms with Crippen LogP contribution < -0.4 is 0 Å². The van der Waals surface area contributed by atoms with Crippen molar-refractivity contribution in [3.8, 4) is 0 Å². The SMILES string of the molecule is COCCOC1C2(C)CC3CC(C)(C2)CC1(n1nccc1C)C3. The Hall–Kier alpha value is -0.870. The quantitative estimate of drug-likeness (QED) is 0.779. The number of methoxy groups -OCH3 is 1. The Bertz CT molecular complexity index is 600. The van der Waals surface area contributed by atoms with Gasteiger partial charge in [0.25, 0.3) is 0 Å². The van der Waals surface area contributed by atoms with Crippen molar-refractivity contribution in [2.24, 2.45) is 16.7 Å². The van der Waals surface area contributed by atoms with Crippen molar-refractivity contribution in [3.05, 3.63) is 18.0 Å². The minimum absolute atomic E-state index is 0.0320. The van der Waals surface area contributed by atoms with E-state index < -0.39 is 0 Å². The molecule has 4 saturated carbocycles. The van der Waals surface area contributed by atoms with Crippen LogP contribution in [0.3, 0.4) is 0 Å². The molecule has 5 unspecified atom stereocenters. The van der Waals surface area contributed by atoms with E-state index >= 15 is 0 Å². The summed E-state index contributed by atoms with van der Waals surface area (Å²) in [4.78, 5) is 0. The third kappa shape index (κ3) is 2.21. The number of aryl methyl sites for hydroxylation is 1. The van der Waals surface area contributed by atoms with E-state index in [9.17, 15) is 0 Å². The highest BCUT2D eigenvalue weighted by Gasteiger charge is 2.67. The van der Waals surface area contributed by atoms with Gasteiger partial charge in [-0.15, -0.1) is 0 Å². The molecular weight excluding hydrogens is 288 g/mol. The molecule has 4 bridgehead atoms. The third-order valence-corrected chi connectivity index (χ3v) is 6.69. The first-order valence-corrected chi connectivity index (χ1v) is 9.03. The Labute approximate surface area is 139 Å². The fourth-order valence-electron chi connectivity index (χ4n) is 6.90. The van der Waals surface area contributed by atoms with E-state index in [1.807, 2.05) is 6.20 Å². The van der Waals surface area contributed by atoms with Gasteiger partial charge in [-0.1, -0.05) is 13.8 Å². The number of ether oxygens (including phenoxy) is 2. The molecule has 128 valence electrons. The normalized spacial score (nSPS) is 44.9. The second-order valence-corrected chi connectivity index (χ2v) is 9.03. The number of rotatable bonds is 5. The molecule has 4 aliphatic rings. The number of hydrogen-bond donors (Lipinski definition) is 0. The van der Waals surface area contributed by atoms with Crippen LogP contribution in [0.25, 0.3) is 0 Å². The number of aromatic nitrogens is 2. The number of hydrogen-bond acceptors (Lipinski definition) is 3. The standard InChI is InChI=1S/C19H30N2O2/c1-14-5-6-20-21(14)19-11-15-9-17(2,13-19)12-18(3,10-15)16(19)23-8-7-22-4/h5-6,15-16H,7-13H2,1-4H3. The molecule has 1 heterocycles. The summed E-state index contributed by atoms with van der Waals surface area (Å²) in [6.45, 7) is 8.49. The Morgan fingerprint density at radius 1 is 1.22 bits per heavy atom. The largest absolute Gasteiger partial charge is 0.382 e. The lowest BCUT2D eigenvalue weighted by atomic mass is 9.41. The maximum absolute atomic E-state index is 6.50. The van der Waals surface area contributed by atoms with Crippen molar-refractivity contribution < 1.29 is 9.47 Å². The minimum atomic E-state index is 0.0320. The van der Waals surface area contributed by atoms with E-state index in [0.29, 0.717) is 18.6 Å². The lowest BCUT2D eigenvalue weighted by Crippen LogP contribution is -2.69. The van der Waals surface area contributed by atoms with E-state index in [1.165, 1.54) is 37.8 Å². The minimum Gasteiger partial charge on any atom is -0.382 e. The van der Waals surface area contributed by atoms with Crippen LogP contribution in [0.2, 0.25) is 0 Å². The average Bonchev–Trinajstić information content (AvgIpc) is 2.86. The smallest absolute Gasteiger partial charge is 0.0904 e. The van der Waals surface area contributed by atoms with Crippen LogP contribution in [0.1, 0.15) is 51.6 Å². The van der Waals surface area contributed by atoms with Crippen LogP contribution in [0, 0.1) is 23.7 Å². The zero-order valence-electron chi connectivity index (χ0n) is 15.0. The van der Waals surface area contributed by atoms with Crippen LogP contribution in [-0.4, -0.2) is 36.2 Å².